The van der Waals surface area contributed by atoms with Gasteiger partial charge in [0.2, 0.25) is 0 Å². The van der Waals surface area contributed by atoms with Gasteiger partial charge in [0.05, 0.1) is 5.71 Å². The van der Waals surface area contributed by atoms with Gasteiger partial charge in [0.15, 0.2) is 6.61 Å². The third-order valence-corrected chi connectivity index (χ3v) is 3.17. The Morgan fingerprint density at radius 1 is 1.47 bits per heavy atom. The largest absolute Gasteiger partial charge is 0.484 e. The van der Waals surface area contributed by atoms with E-state index in [9.17, 15) is 4.79 Å². The maximum Gasteiger partial charge on any atom is 0.277 e. The topological polar surface area (TPSA) is 50.7 Å². The van der Waals surface area contributed by atoms with Gasteiger partial charge in [0.25, 0.3) is 5.91 Å². The van der Waals surface area contributed by atoms with Crippen LogP contribution in [0, 0.1) is 0 Å². The van der Waals surface area contributed by atoms with Gasteiger partial charge in [-0.1, -0.05) is 27.6 Å². The molecule has 5 heteroatoms. The van der Waals surface area contributed by atoms with Gasteiger partial charge in [-0.05, 0) is 44.0 Å². The lowest BCUT2D eigenvalue weighted by atomic mass is 10.3. The first-order valence-electron chi connectivity index (χ1n) is 6.04. The second-order valence-corrected chi connectivity index (χ2v) is 5.29. The van der Waals surface area contributed by atoms with Crippen molar-refractivity contribution in [2.75, 3.05) is 6.61 Å². The average Bonchev–Trinajstić information content (AvgIpc) is 2.80. The van der Waals surface area contributed by atoms with Crippen molar-refractivity contribution in [3.63, 3.8) is 0 Å². The summed E-state index contributed by atoms with van der Waals surface area (Å²) in [6.45, 7) is 2.01. The smallest absolute Gasteiger partial charge is 0.277 e. The van der Waals surface area contributed by atoms with E-state index in [-0.39, 0.29) is 12.5 Å². The van der Waals surface area contributed by atoms with Crippen LogP contribution in [0.4, 0.5) is 0 Å². The summed E-state index contributed by atoms with van der Waals surface area (Å²) in [4.78, 5) is 11.6. The molecular formula is C14H15BrN2O2. The number of ether oxygens (including phenoxy) is 1. The minimum atomic E-state index is -0.259. The Hall–Kier alpha value is -1.62. The van der Waals surface area contributed by atoms with E-state index in [2.05, 4.69) is 33.4 Å². The highest BCUT2D eigenvalue weighted by atomic mass is 79.9. The van der Waals surface area contributed by atoms with Gasteiger partial charge in [-0.2, -0.15) is 5.10 Å². The molecule has 0 aliphatic heterocycles. The van der Waals surface area contributed by atoms with E-state index in [1.807, 2.05) is 24.3 Å². The predicted octanol–water partition coefficient (Wildman–Crippen LogP) is 3.04. The summed E-state index contributed by atoms with van der Waals surface area (Å²) in [5.41, 5.74) is 4.70. The van der Waals surface area contributed by atoms with E-state index >= 15 is 0 Å². The normalized spacial score (nSPS) is 16.3. The van der Waals surface area contributed by atoms with Crippen molar-refractivity contribution in [1.29, 1.82) is 0 Å². The van der Waals surface area contributed by atoms with Crippen molar-refractivity contribution in [3.05, 3.63) is 40.4 Å². The summed E-state index contributed by atoms with van der Waals surface area (Å²) < 4.78 is 6.27. The van der Waals surface area contributed by atoms with Gasteiger partial charge < -0.3 is 4.74 Å². The lowest BCUT2D eigenvalue weighted by molar-refractivity contribution is -0.123. The highest BCUT2D eigenvalue weighted by Gasteiger charge is 2.07. The van der Waals surface area contributed by atoms with Crippen LogP contribution >= 0.6 is 15.9 Å². The Morgan fingerprint density at radius 3 is 3.00 bits per heavy atom. The number of rotatable bonds is 4. The molecule has 2 rings (SSSR count). The lowest BCUT2D eigenvalue weighted by Crippen LogP contribution is -2.25. The fourth-order valence-corrected chi connectivity index (χ4v) is 2.09. The molecule has 0 fully saturated rings. The predicted molar refractivity (Wildman–Crippen MR) is 78.2 cm³/mol. The summed E-state index contributed by atoms with van der Waals surface area (Å²) in [5, 5.41) is 4.05. The Kier molecular flexibility index (Phi) is 4.74. The van der Waals surface area contributed by atoms with Crippen LogP contribution in [0.25, 0.3) is 0 Å². The summed E-state index contributed by atoms with van der Waals surface area (Å²) in [6.07, 6.45) is 3.90. The molecule has 1 aromatic rings. The first-order valence-corrected chi connectivity index (χ1v) is 6.84. The summed E-state index contributed by atoms with van der Waals surface area (Å²) in [7, 11) is 0. The molecule has 4 nitrogen and oxygen atoms in total. The second kappa shape index (κ2) is 6.52. The fourth-order valence-electron chi connectivity index (χ4n) is 1.71. The van der Waals surface area contributed by atoms with Crippen LogP contribution in [0.2, 0.25) is 0 Å². The zero-order valence-electron chi connectivity index (χ0n) is 10.6. The third-order valence-electron chi connectivity index (χ3n) is 2.68. The van der Waals surface area contributed by atoms with Crippen molar-refractivity contribution < 1.29 is 9.53 Å². The minimum Gasteiger partial charge on any atom is -0.484 e. The van der Waals surface area contributed by atoms with Crippen LogP contribution in [0.3, 0.4) is 0 Å². The molecule has 1 N–H and O–H groups in total. The van der Waals surface area contributed by atoms with Crippen LogP contribution in [0.1, 0.15) is 19.8 Å². The monoisotopic (exact) mass is 322 g/mol. The molecule has 0 saturated heterocycles. The zero-order chi connectivity index (χ0) is 13.7. The molecule has 0 spiro atoms. The van der Waals surface area contributed by atoms with E-state index < -0.39 is 0 Å². The molecule has 100 valence electrons. The van der Waals surface area contributed by atoms with Crippen LogP contribution < -0.4 is 10.2 Å². The molecule has 19 heavy (non-hydrogen) atoms. The van der Waals surface area contributed by atoms with Crippen LogP contribution in [0.5, 0.6) is 5.75 Å². The Balaban J connectivity index is 1.79. The number of hydrogen-bond donors (Lipinski definition) is 1. The summed E-state index contributed by atoms with van der Waals surface area (Å²) >= 11 is 3.34. The molecule has 1 aliphatic carbocycles. The molecular weight excluding hydrogens is 308 g/mol. The molecule has 0 unspecified atom stereocenters. The van der Waals surface area contributed by atoms with Gasteiger partial charge in [-0.25, -0.2) is 5.43 Å². The number of carbonyl (C=O) groups excluding carboxylic acids is 1. The average molecular weight is 323 g/mol. The molecule has 0 bridgehead atoms. The van der Waals surface area contributed by atoms with E-state index in [0.717, 1.165) is 23.0 Å². The van der Waals surface area contributed by atoms with Crippen LogP contribution in [-0.2, 0) is 4.79 Å². The maximum absolute atomic E-state index is 11.6. The molecule has 0 saturated carbocycles. The van der Waals surface area contributed by atoms with E-state index in [1.165, 1.54) is 5.57 Å². The number of nitrogens with zero attached hydrogens (tertiary/aromatic N) is 1. The van der Waals surface area contributed by atoms with Gasteiger partial charge in [-0.15, -0.1) is 0 Å². The Bertz CT molecular complexity index is 538. The molecule has 0 radical (unpaired) electrons. The van der Waals surface area contributed by atoms with Crippen molar-refractivity contribution in [2.24, 2.45) is 5.10 Å². The molecule has 0 atom stereocenters. The van der Waals surface area contributed by atoms with Crippen molar-refractivity contribution >= 4 is 27.5 Å². The van der Waals surface area contributed by atoms with Gasteiger partial charge in [-0.3, -0.25) is 4.79 Å². The molecule has 1 aliphatic rings. The number of carbonyl (C=O) groups is 1. The Morgan fingerprint density at radius 2 is 2.32 bits per heavy atom. The lowest BCUT2D eigenvalue weighted by Gasteiger charge is -2.05. The minimum absolute atomic E-state index is 0.0457. The van der Waals surface area contributed by atoms with E-state index in [0.29, 0.717) is 5.75 Å². The summed E-state index contributed by atoms with van der Waals surface area (Å²) in [5.74, 6) is 0.388. The number of nitrogens with one attached hydrogen (secondary N) is 1. The summed E-state index contributed by atoms with van der Waals surface area (Å²) in [6, 6.07) is 7.35. The first-order chi connectivity index (χ1) is 9.13. The van der Waals surface area contributed by atoms with Crippen molar-refractivity contribution in [2.45, 2.75) is 19.8 Å². The fraction of sp³-hybridized carbons (Fsp3) is 0.286. The SMILES string of the molecule is CC1=C/C(=N/NC(=O)COc2cccc(Br)c2)CC1. The third kappa shape index (κ3) is 4.52. The van der Waals surface area contributed by atoms with Crippen LogP contribution in [-0.4, -0.2) is 18.2 Å². The van der Waals surface area contributed by atoms with Crippen LogP contribution in [0.15, 0.2) is 45.5 Å². The number of hydrogen-bond acceptors (Lipinski definition) is 3. The van der Waals surface area contributed by atoms with Gasteiger partial charge >= 0.3 is 0 Å². The number of amides is 1. The van der Waals surface area contributed by atoms with E-state index in [4.69, 9.17) is 4.74 Å². The molecule has 1 aromatic carbocycles. The van der Waals surface area contributed by atoms with Gasteiger partial charge in [0.1, 0.15) is 5.75 Å². The Labute approximate surface area is 120 Å². The quantitative estimate of drug-likeness (QED) is 0.866. The van der Waals surface area contributed by atoms with Crippen molar-refractivity contribution in [1.82, 2.24) is 5.43 Å². The number of hydrazone groups is 1. The molecule has 1 amide bonds. The highest BCUT2D eigenvalue weighted by molar-refractivity contribution is 9.10. The maximum atomic E-state index is 11.6. The van der Waals surface area contributed by atoms with Gasteiger partial charge in [0, 0.05) is 4.47 Å². The number of benzene rings is 1. The zero-order valence-corrected chi connectivity index (χ0v) is 12.2. The van der Waals surface area contributed by atoms with Crippen molar-refractivity contribution in [3.8, 4) is 5.75 Å². The molecule has 0 heterocycles. The number of allylic oxidation sites excluding steroid dienone is 2. The van der Waals surface area contributed by atoms with E-state index in [1.54, 1.807) is 6.07 Å². The highest BCUT2D eigenvalue weighted by Crippen LogP contribution is 2.17. The molecule has 0 aromatic heterocycles. The standard InChI is InChI=1S/C14H15BrN2O2/c1-10-5-6-12(7-10)16-17-14(18)9-19-13-4-2-3-11(15)8-13/h2-4,7-8H,5-6,9H2,1H3,(H,17,18)/b16-12+. The second-order valence-electron chi connectivity index (χ2n) is 4.37. The number of halogens is 1. The first kappa shape index (κ1) is 13.8.